The van der Waals surface area contributed by atoms with Crippen molar-refractivity contribution in [2.45, 2.75) is 52.5 Å². The molecule has 2 atom stereocenters. The van der Waals surface area contributed by atoms with E-state index in [1.807, 2.05) is 0 Å². The fraction of sp³-hybridized carbons (Fsp3) is 1.00. The molecule has 90 valence electrons. The highest BCUT2D eigenvalue weighted by Crippen LogP contribution is 2.24. The van der Waals surface area contributed by atoms with Crippen molar-refractivity contribution in [3.05, 3.63) is 0 Å². The van der Waals surface area contributed by atoms with Crippen LogP contribution in [0.5, 0.6) is 0 Å². The van der Waals surface area contributed by atoms with Gasteiger partial charge in [-0.3, -0.25) is 0 Å². The van der Waals surface area contributed by atoms with E-state index in [1.165, 1.54) is 51.9 Å². The lowest BCUT2D eigenvalue weighted by Crippen LogP contribution is -2.34. The van der Waals surface area contributed by atoms with Gasteiger partial charge < -0.3 is 10.2 Å². The lowest BCUT2D eigenvalue weighted by Gasteiger charge is -2.20. The van der Waals surface area contributed by atoms with Crippen molar-refractivity contribution in [1.82, 2.24) is 10.2 Å². The van der Waals surface area contributed by atoms with Crippen molar-refractivity contribution in [3.8, 4) is 0 Å². The average Bonchev–Trinajstić information content (AvgIpc) is 2.65. The van der Waals surface area contributed by atoms with Gasteiger partial charge in [-0.05, 0) is 51.4 Å². The fourth-order valence-electron chi connectivity index (χ4n) is 2.58. The molecule has 1 N–H and O–H groups in total. The summed E-state index contributed by atoms with van der Waals surface area (Å²) in [7, 11) is 0. The Hall–Kier alpha value is -0.0800. The number of nitrogens with zero attached hydrogens (tertiary/aromatic N) is 1. The summed E-state index contributed by atoms with van der Waals surface area (Å²) in [4.78, 5) is 2.50. The van der Waals surface area contributed by atoms with E-state index in [2.05, 4.69) is 31.0 Å². The highest BCUT2D eigenvalue weighted by atomic mass is 15.1. The maximum absolute atomic E-state index is 3.71. The Labute approximate surface area is 95.4 Å². The summed E-state index contributed by atoms with van der Waals surface area (Å²) in [5.41, 5.74) is 0. The third-order valence-corrected chi connectivity index (χ3v) is 3.81. The third-order valence-electron chi connectivity index (χ3n) is 3.81. The maximum atomic E-state index is 3.71. The smallest absolute Gasteiger partial charge is 0.00927 e. The molecular weight excluding hydrogens is 184 g/mol. The Morgan fingerprint density at radius 1 is 1.20 bits per heavy atom. The lowest BCUT2D eigenvalue weighted by molar-refractivity contribution is 0.293. The Morgan fingerprint density at radius 2 is 1.93 bits per heavy atom. The van der Waals surface area contributed by atoms with Crippen LogP contribution in [0.15, 0.2) is 0 Å². The van der Waals surface area contributed by atoms with E-state index in [1.54, 1.807) is 0 Å². The number of hydrogen-bond acceptors (Lipinski definition) is 2. The van der Waals surface area contributed by atoms with Gasteiger partial charge in [-0.1, -0.05) is 27.2 Å². The Bertz CT molecular complexity index is 155. The van der Waals surface area contributed by atoms with Crippen molar-refractivity contribution in [3.63, 3.8) is 0 Å². The topological polar surface area (TPSA) is 15.3 Å². The molecule has 1 fully saturated rings. The first-order chi connectivity index (χ1) is 7.27. The highest BCUT2D eigenvalue weighted by Gasteiger charge is 2.21. The molecule has 0 unspecified atom stereocenters. The van der Waals surface area contributed by atoms with Gasteiger partial charge in [-0.25, -0.2) is 0 Å². The molecule has 0 amide bonds. The first kappa shape index (κ1) is 13.0. The molecule has 2 heteroatoms. The van der Waals surface area contributed by atoms with Gasteiger partial charge in [0.15, 0.2) is 0 Å². The minimum atomic E-state index is 0.807. The Morgan fingerprint density at radius 3 is 2.47 bits per heavy atom. The van der Waals surface area contributed by atoms with E-state index in [0.717, 1.165) is 12.0 Å². The third kappa shape index (κ3) is 4.52. The summed E-state index contributed by atoms with van der Waals surface area (Å²) in [5, 5.41) is 3.71. The van der Waals surface area contributed by atoms with Crippen LogP contribution < -0.4 is 5.32 Å². The van der Waals surface area contributed by atoms with Crippen molar-refractivity contribution in [2.24, 2.45) is 5.92 Å². The molecule has 0 radical (unpaired) electrons. The van der Waals surface area contributed by atoms with Crippen LogP contribution in [-0.2, 0) is 0 Å². The van der Waals surface area contributed by atoms with Gasteiger partial charge in [0.1, 0.15) is 0 Å². The lowest BCUT2D eigenvalue weighted by atomic mass is 10.1. The molecule has 0 saturated heterocycles. The van der Waals surface area contributed by atoms with Gasteiger partial charge in [-0.15, -0.1) is 0 Å². The molecule has 0 aliphatic heterocycles. The van der Waals surface area contributed by atoms with E-state index >= 15 is 0 Å². The second-order valence-electron chi connectivity index (χ2n) is 4.85. The van der Waals surface area contributed by atoms with Crippen LogP contribution in [0, 0.1) is 5.92 Å². The standard InChI is InChI=1S/C13H28N2/c1-4-15(5-2)11-7-10-14-13-9-6-8-12(13)3/h12-14H,4-11H2,1-3H3/t12-,13-/m1/s1. The van der Waals surface area contributed by atoms with Gasteiger partial charge in [-0.2, -0.15) is 0 Å². The average molecular weight is 212 g/mol. The summed E-state index contributed by atoms with van der Waals surface area (Å²) in [6, 6.07) is 0.807. The van der Waals surface area contributed by atoms with Gasteiger partial charge >= 0.3 is 0 Å². The van der Waals surface area contributed by atoms with Gasteiger partial charge in [0, 0.05) is 6.04 Å². The first-order valence-corrected chi connectivity index (χ1v) is 6.73. The second-order valence-corrected chi connectivity index (χ2v) is 4.85. The minimum Gasteiger partial charge on any atom is -0.314 e. The van der Waals surface area contributed by atoms with Crippen LogP contribution in [0.2, 0.25) is 0 Å². The molecule has 0 heterocycles. The molecule has 1 aliphatic carbocycles. The van der Waals surface area contributed by atoms with E-state index in [9.17, 15) is 0 Å². The van der Waals surface area contributed by atoms with E-state index in [0.29, 0.717) is 0 Å². The van der Waals surface area contributed by atoms with Crippen LogP contribution >= 0.6 is 0 Å². The molecule has 0 aromatic carbocycles. The first-order valence-electron chi connectivity index (χ1n) is 6.73. The fourth-order valence-corrected chi connectivity index (χ4v) is 2.58. The number of rotatable bonds is 7. The molecule has 15 heavy (non-hydrogen) atoms. The SMILES string of the molecule is CCN(CC)CCCN[C@@H]1CCC[C@H]1C. The largest absolute Gasteiger partial charge is 0.314 e. The van der Waals surface area contributed by atoms with Crippen molar-refractivity contribution >= 4 is 0 Å². The molecule has 0 aromatic rings. The van der Waals surface area contributed by atoms with Gasteiger partial charge in [0.25, 0.3) is 0 Å². The number of nitrogens with one attached hydrogen (secondary N) is 1. The van der Waals surface area contributed by atoms with E-state index in [4.69, 9.17) is 0 Å². The van der Waals surface area contributed by atoms with Crippen LogP contribution in [0.4, 0.5) is 0 Å². The van der Waals surface area contributed by atoms with Crippen LogP contribution in [0.1, 0.15) is 46.5 Å². The predicted octanol–water partition coefficient (Wildman–Crippen LogP) is 2.50. The summed E-state index contributed by atoms with van der Waals surface area (Å²) in [5.74, 6) is 0.901. The van der Waals surface area contributed by atoms with E-state index < -0.39 is 0 Å². The molecule has 2 nitrogen and oxygen atoms in total. The Kier molecular flexibility index (Phi) is 6.26. The van der Waals surface area contributed by atoms with Crippen LogP contribution in [-0.4, -0.2) is 37.1 Å². The minimum absolute atomic E-state index is 0.807. The molecule has 1 saturated carbocycles. The van der Waals surface area contributed by atoms with Crippen LogP contribution in [0.25, 0.3) is 0 Å². The Balaban J connectivity index is 2.01. The summed E-state index contributed by atoms with van der Waals surface area (Å²) in [6.07, 6.45) is 5.54. The summed E-state index contributed by atoms with van der Waals surface area (Å²) < 4.78 is 0. The van der Waals surface area contributed by atoms with Crippen LogP contribution in [0.3, 0.4) is 0 Å². The quantitative estimate of drug-likeness (QED) is 0.652. The van der Waals surface area contributed by atoms with E-state index in [-0.39, 0.29) is 0 Å². The van der Waals surface area contributed by atoms with Crippen molar-refractivity contribution in [2.75, 3.05) is 26.2 Å². The van der Waals surface area contributed by atoms with Crippen molar-refractivity contribution in [1.29, 1.82) is 0 Å². The molecular formula is C13H28N2. The second kappa shape index (κ2) is 7.24. The zero-order valence-corrected chi connectivity index (χ0v) is 10.8. The highest BCUT2D eigenvalue weighted by molar-refractivity contribution is 4.79. The molecule has 1 aliphatic rings. The molecule has 0 bridgehead atoms. The zero-order valence-electron chi connectivity index (χ0n) is 10.8. The van der Waals surface area contributed by atoms with Gasteiger partial charge in [0.2, 0.25) is 0 Å². The zero-order chi connectivity index (χ0) is 11.1. The molecule has 0 spiro atoms. The van der Waals surface area contributed by atoms with Gasteiger partial charge in [0.05, 0.1) is 0 Å². The predicted molar refractivity (Wildman–Crippen MR) is 67.2 cm³/mol. The maximum Gasteiger partial charge on any atom is 0.00927 e. The monoisotopic (exact) mass is 212 g/mol. The van der Waals surface area contributed by atoms with Crippen molar-refractivity contribution < 1.29 is 0 Å². The summed E-state index contributed by atoms with van der Waals surface area (Å²) in [6.45, 7) is 11.7. The normalized spacial score (nSPS) is 26.4. The molecule has 0 aromatic heterocycles. The number of hydrogen-bond donors (Lipinski definition) is 1. The summed E-state index contributed by atoms with van der Waals surface area (Å²) >= 11 is 0. The molecule has 1 rings (SSSR count).